The Morgan fingerprint density at radius 2 is 1.00 bits per heavy atom. The zero-order valence-electron chi connectivity index (χ0n) is 22.8. The van der Waals surface area contributed by atoms with Crippen molar-refractivity contribution in [3.8, 4) is 22.3 Å². The van der Waals surface area contributed by atoms with Gasteiger partial charge in [0.05, 0.1) is 11.2 Å². The lowest BCUT2D eigenvalue weighted by Gasteiger charge is -2.26. The molecule has 0 spiro atoms. The second kappa shape index (κ2) is 10.1. The van der Waals surface area contributed by atoms with E-state index in [1.54, 1.807) is 0 Å². The minimum absolute atomic E-state index is 0.790. The summed E-state index contributed by atoms with van der Waals surface area (Å²) in [6.45, 7) is 0. The molecule has 0 fully saturated rings. The Bertz CT molecular complexity index is 2170. The number of benzene rings is 6. The van der Waals surface area contributed by atoms with Gasteiger partial charge < -0.3 is 9.32 Å². The van der Waals surface area contributed by atoms with Gasteiger partial charge in [-0.3, -0.25) is 0 Å². The lowest BCUT2D eigenvalue weighted by molar-refractivity contribution is 0.669. The zero-order chi connectivity index (χ0) is 27.9. The Hall–Kier alpha value is -5.67. The van der Waals surface area contributed by atoms with Crippen LogP contribution in [0.25, 0.3) is 55.2 Å². The summed E-state index contributed by atoms with van der Waals surface area (Å²) in [5.74, 6) is 0. The highest BCUT2D eigenvalue weighted by atomic mass is 16.3. The quantitative estimate of drug-likeness (QED) is 0.218. The van der Waals surface area contributed by atoms with Gasteiger partial charge in [-0.2, -0.15) is 0 Å². The number of anilines is 3. The van der Waals surface area contributed by atoms with Gasteiger partial charge in [0.2, 0.25) is 0 Å². The Labute approximate surface area is 243 Å². The summed E-state index contributed by atoms with van der Waals surface area (Å²) in [6, 6.07) is 55.0. The monoisotopic (exact) mass is 538 g/mol. The van der Waals surface area contributed by atoms with E-state index in [-0.39, 0.29) is 0 Å². The minimum atomic E-state index is 0.790. The van der Waals surface area contributed by atoms with Crippen LogP contribution in [0.2, 0.25) is 0 Å². The normalized spacial score (nSPS) is 11.3. The largest absolute Gasteiger partial charge is 0.454 e. The van der Waals surface area contributed by atoms with Crippen molar-refractivity contribution in [2.75, 3.05) is 4.90 Å². The van der Waals surface area contributed by atoms with Crippen LogP contribution in [0.5, 0.6) is 0 Å². The number of hydrogen-bond donors (Lipinski definition) is 0. The number of fused-ring (bicyclic) bond motifs is 4. The van der Waals surface area contributed by atoms with Gasteiger partial charge in [-0.05, 0) is 76.9 Å². The molecule has 8 aromatic rings. The number of hydrogen-bond acceptors (Lipinski definition) is 3. The topological polar surface area (TPSA) is 29.3 Å². The molecule has 0 saturated heterocycles. The Balaban J connectivity index is 1.22. The molecule has 2 heterocycles. The summed E-state index contributed by atoms with van der Waals surface area (Å²) in [7, 11) is 0. The van der Waals surface area contributed by atoms with Gasteiger partial charge >= 0.3 is 0 Å². The van der Waals surface area contributed by atoms with E-state index in [1.165, 1.54) is 22.3 Å². The second-order valence-electron chi connectivity index (χ2n) is 10.4. The molecule has 0 bridgehead atoms. The van der Waals surface area contributed by atoms with Gasteiger partial charge in [0.1, 0.15) is 11.1 Å². The van der Waals surface area contributed by atoms with Crippen LogP contribution in [0, 0.1) is 0 Å². The van der Waals surface area contributed by atoms with E-state index in [2.05, 4.69) is 132 Å². The third-order valence-electron chi connectivity index (χ3n) is 7.87. The van der Waals surface area contributed by atoms with Crippen LogP contribution in [-0.4, -0.2) is 4.98 Å². The van der Waals surface area contributed by atoms with E-state index in [4.69, 9.17) is 9.40 Å². The average Bonchev–Trinajstić information content (AvgIpc) is 3.43. The van der Waals surface area contributed by atoms with Crippen LogP contribution in [0.15, 0.2) is 162 Å². The molecule has 3 heteroatoms. The fourth-order valence-corrected chi connectivity index (χ4v) is 5.79. The molecule has 0 saturated carbocycles. The third-order valence-corrected chi connectivity index (χ3v) is 7.87. The first-order valence-electron chi connectivity index (χ1n) is 14.1. The lowest BCUT2D eigenvalue weighted by atomic mass is 10.00. The van der Waals surface area contributed by atoms with Crippen molar-refractivity contribution in [3.63, 3.8) is 0 Å². The summed E-state index contributed by atoms with van der Waals surface area (Å²) in [4.78, 5) is 7.35. The molecule has 0 aliphatic carbocycles. The van der Waals surface area contributed by atoms with E-state index in [9.17, 15) is 0 Å². The molecule has 42 heavy (non-hydrogen) atoms. The highest BCUT2D eigenvalue weighted by Crippen LogP contribution is 2.41. The van der Waals surface area contributed by atoms with Crippen LogP contribution in [0.1, 0.15) is 0 Å². The molecule has 198 valence electrons. The van der Waals surface area contributed by atoms with E-state index in [0.29, 0.717) is 0 Å². The number of nitrogens with zero attached hydrogens (tertiary/aromatic N) is 2. The molecular weight excluding hydrogens is 512 g/mol. The van der Waals surface area contributed by atoms with Gasteiger partial charge in [0, 0.05) is 22.1 Å². The Morgan fingerprint density at radius 1 is 0.429 bits per heavy atom. The second-order valence-corrected chi connectivity index (χ2v) is 10.4. The zero-order valence-corrected chi connectivity index (χ0v) is 22.8. The van der Waals surface area contributed by atoms with Crippen molar-refractivity contribution in [2.24, 2.45) is 0 Å². The van der Waals surface area contributed by atoms with Gasteiger partial charge in [-0.15, -0.1) is 0 Å². The fourth-order valence-electron chi connectivity index (χ4n) is 5.79. The maximum absolute atomic E-state index is 6.23. The van der Waals surface area contributed by atoms with Crippen LogP contribution < -0.4 is 4.90 Å². The Morgan fingerprint density at radius 3 is 1.71 bits per heavy atom. The Kier molecular flexibility index (Phi) is 5.79. The first-order chi connectivity index (χ1) is 20.8. The molecule has 0 aliphatic rings. The van der Waals surface area contributed by atoms with Crippen LogP contribution in [0.3, 0.4) is 0 Å². The molecule has 0 amide bonds. The molecule has 0 atom stereocenters. The summed E-state index contributed by atoms with van der Waals surface area (Å²) in [6.07, 6.45) is 0. The van der Waals surface area contributed by atoms with Crippen LogP contribution in [0.4, 0.5) is 17.1 Å². The van der Waals surface area contributed by atoms with Gasteiger partial charge in [0.15, 0.2) is 5.58 Å². The molecule has 3 nitrogen and oxygen atoms in total. The van der Waals surface area contributed by atoms with Crippen molar-refractivity contribution < 1.29 is 4.42 Å². The molecule has 0 radical (unpaired) electrons. The number of para-hydroxylation sites is 2. The van der Waals surface area contributed by atoms with E-state index < -0.39 is 0 Å². The predicted molar refractivity (Wildman–Crippen MR) is 175 cm³/mol. The first kappa shape index (κ1) is 24.2. The van der Waals surface area contributed by atoms with Gasteiger partial charge in [-0.25, -0.2) is 4.98 Å². The van der Waals surface area contributed by atoms with Crippen molar-refractivity contribution in [1.82, 2.24) is 4.98 Å². The molecule has 8 rings (SSSR count). The highest BCUT2D eigenvalue weighted by molar-refractivity contribution is 6.09. The van der Waals surface area contributed by atoms with Crippen molar-refractivity contribution >= 4 is 50.0 Å². The molecular formula is C39H26N2O. The van der Waals surface area contributed by atoms with E-state index >= 15 is 0 Å². The maximum Gasteiger partial charge on any atom is 0.154 e. The third kappa shape index (κ3) is 4.20. The van der Waals surface area contributed by atoms with Crippen molar-refractivity contribution in [3.05, 3.63) is 158 Å². The number of furan rings is 1. The summed E-state index contributed by atoms with van der Waals surface area (Å²) in [5, 5.41) is 2.07. The van der Waals surface area contributed by atoms with Crippen molar-refractivity contribution in [1.29, 1.82) is 0 Å². The minimum Gasteiger partial charge on any atom is -0.454 e. The molecule has 2 aromatic heterocycles. The van der Waals surface area contributed by atoms with Gasteiger partial charge in [-0.1, -0.05) is 103 Å². The van der Waals surface area contributed by atoms with Crippen molar-refractivity contribution in [2.45, 2.75) is 0 Å². The van der Waals surface area contributed by atoms with Crippen LogP contribution in [-0.2, 0) is 0 Å². The first-order valence-corrected chi connectivity index (χ1v) is 14.1. The van der Waals surface area contributed by atoms with E-state index in [1.807, 2.05) is 30.3 Å². The predicted octanol–water partition coefficient (Wildman–Crippen LogP) is 10.9. The number of aromatic nitrogens is 1. The SMILES string of the molecule is c1ccc(-c2ccc(-c3ccc(N(c4ccccc4)c4cccc5nc6c(cc45)oc4ccccc46)cc3)cc2)cc1. The number of pyridine rings is 1. The summed E-state index contributed by atoms with van der Waals surface area (Å²) < 4.78 is 6.23. The number of rotatable bonds is 5. The highest BCUT2D eigenvalue weighted by Gasteiger charge is 2.18. The summed E-state index contributed by atoms with van der Waals surface area (Å²) >= 11 is 0. The average molecular weight is 539 g/mol. The molecule has 6 aromatic carbocycles. The van der Waals surface area contributed by atoms with E-state index in [0.717, 1.165) is 50.0 Å². The summed E-state index contributed by atoms with van der Waals surface area (Å²) in [5.41, 5.74) is 11.5. The molecule has 0 unspecified atom stereocenters. The maximum atomic E-state index is 6.23. The fraction of sp³-hybridized carbons (Fsp3) is 0. The molecule has 0 N–H and O–H groups in total. The van der Waals surface area contributed by atoms with Crippen LogP contribution >= 0.6 is 0 Å². The smallest absolute Gasteiger partial charge is 0.154 e. The van der Waals surface area contributed by atoms with Gasteiger partial charge in [0.25, 0.3) is 0 Å². The standard InChI is InChI=1S/C39H26N2O/c1-3-10-27(11-4-1)28-18-20-29(21-19-28)30-22-24-32(25-23-30)41(31-12-5-2-6-13-31)36-16-9-15-35-34(36)26-38-39(40-35)33-14-7-8-17-37(33)42-38/h1-26H. The lowest BCUT2D eigenvalue weighted by Crippen LogP contribution is -2.10. The molecule has 0 aliphatic heterocycles.